The number of carbonyl (C=O) groups is 2. The molecule has 1 aliphatic carbocycles. The van der Waals surface area contributed by atoms with Crippen LogP contribution in [0.4, 0.5) is 0 Å². The van der Waals surface area contributed by atoms with Gasteiger partial charge in [-0.05, 0) is 12.8 Å². The van der Waals surface area contributed by atoms with Crippen LogP contribution in [-0.4, -0.2) is 23.0 Å². The van der Waals surface area contributed by atoms with Gasteiger partial charge in [-0.25, -0.2) is 0 Å². The lowest BCUT2D eigenvalue weighted by molar-refractivity contribution is -0.140. The summed E-state index contributed by atoms with van der Waals surface area (Å²) < 4.78 is 0. The number of hydrogen-bond donors (Lipinski definition) is 2. The highest BCUT2D eigenvalue weighted by molar-refractivity contribution is 5.82. The van der Waals surface area contributed by atoms with E-state index in [2.05, 4.69) is 5.32 Å². The molecule has 0 saturated heterocycles. The SMILES string of the molecule is CCC(C)(C)C(=O)NC1C=CC(C(=O)O)C1. The maximum absolute atomic E-state index is 11.8. The van der Waals surface area contributed by atoms with E-state index in [0.717, 1.165) is 6.42 Å². The number of carbonyl (C=O) groups excluding carboxylic acids is 1. The fraction of sp³-hybridized carbons (Fsp3) is 0.667. The van der Waals surface area contributed by atoms with Gasteiger partial charge in [0.15, 0.2) is 0 Å². The first-order valence-electron chi connectivity index (χ1n) is 5.59. The largest absolute Gasteiger partial charge is 0.481 e. The summed E-state index contributed by atoms with van der Waals surface area (Å²) in [5.74, 6) is -1.31. The van der Waals surface area contributed by atoms with Crippen LogP contribution in [0.2, 0.25) is 0 Å². The number of carboxylic acids is 1. The molecule has 1 amide bonds. The monoisotopic (exact) mass is 225 g/mol. The maximum atomic E-state index is 11.8. The Hall–Kier alpha value is -1.32. The minimum atomic E-state index is -0.831. The lowest BCUT2D eigenvalue weighted by Gasteiger charge is -2.24. The van der Waals surface area contributed by atoms with Crippen LogP contribution in [0.25, 0.3) is 0 Å². The Morgan fingerprint density at radius 2 is 2.06 bits per heavy atom. The van der Waals surface area contributed by atoms with Crippen molar-refractivity contribution in [3.8, 4) is 0 Å². The van der Waals surface area contributed by atoms with Gasteiger partial charge in [-0.1, -0.05) is 32.9 Å². The van der Waals surface area contributed by atoms with Gasteiger partial charge in [0.1, 0.15) is 0 Å². The van der Waals surface area contributed by atoms with E-state index in [1.54, 1.807) is 12.2 Å². The zero-order chi connectivity index (χ0) is 12.3. The van der Waals surface area contributed by atoms with Crippen LogP contribution in [0, 0.1) is 11.3 Å². The molecule has 4 nitrogen and oxygen atoms in total. The van der Waals surface area contributed by atoms with E-state index in [1.165, 1.54) is 0 Å². The fourth-order valence-corrected chi connectivity index (χ4v) is 1.51. The van der Waals surface area contributed by atoms with E-state index >= 15 is 0 Å². The smallest absolute Gasteiger partial charge is 0.310 e. The molecule has 0 aromatic rings. The van der Waals surface area contributed by atoms with Crippen LogP contribution in [0.3, 0.4) is 0 Å². The van der Waals surface area contributed by atoms with Gasteiger partial charge in [0, 0.05) is 11.5 Å². The van der Waals surface area contributed by atoms with Crippen molar-refractivity contribution in [2.24, 2.45) is 11.3 Å². The highest BCUT2D eigenvalue weighted by atomic mass is 16.4. The lowest BCUT2D eigenvalue weighted by Crippen LogP contribution is -2.41. The van der Waals surface area contributed by atoms with Crippen molar-refractivity contribution in [3.63, 3.8) is 0 Å². The summed E-state index contributed by atoms with van der Waals surface area (Å²) in [7, 11) is 0. The second-order valence-electron chi connectivity index (χ2n) is 4.88. The molecule has 2 unspecified atom stereocenters. The summed E-state index contributed by atoms with van der Waals surface area (Å²) in [6.45, 7) is 5.73. The van der Waals surface area contributed by atoms with Crippen molar-refractivity contribution in [2.75, 3.05) is 0 Å². The van der Waals surface area contributed by atoms with Gasteiger partial charge in [-0.3, -0.25) is 9.59 Å². The third-order valence-corrected chi connectivity index (χ3v) is 3.22. The highest BCUT2D eigenvalue weighted by Gasteiger charge is 2.30. The molecule has 90 valence electrons. The van der Waals surface area contributed by atoms with Gasteiger partial charge in [0.05, 0.1) is 5.92 Å². The molecule has 0 heterocycles. The first-order valence-corrected chi connectivity index (χ1v) is 5.59. The van der Waals surface area contributed by atoms with Gasteiger partial charge in [0.2, 0.25) is 5.91 Å². The fourth-order valence-electron chi connectivity index (χ4n) is 1.51. The Labute approximate surface area is 95.7 Å². The van der Waals surface area contributed by atoms with Gasteiger partial charge in [-0.2, -0.15) is 0 Å². The average molecular weight is 225 g/mol. The van der Waals surface area contributed by atoms with Crippen molar-refractivity contribution in [2.45, 2.75) is 39.7 Å². The van der Waals surface area contributed by atoms with Gasteiger partial charge >= 0.3 is 5.97 Å². The minimum Gasteiger partial charge on any atom is -0.481 e. The number of nitrogens with one attached hydrogen (secondary N) is 1. The molecule has 0 saturated carbocycles. The number of amides is 1. The molecule has 2 atom stereocenters. The third-order valence-electron chi connectivity index (χ3n) is 3.22. The molecule has 0 bridgehead atoms. The molecule has 16 heavy (non-hydrogen) atoms. The number of hydrogen-bond acceptors (Lipinski definition) is 2. The van der Waals surface area contributed by atoms with Crippen LogP contribution in [0.5, 0.6) is 0 Å². The van der Waals surface area contributed by atoms with Gasteiger partial charge in [-0.15, -0.1) is 0 Å². The van der Waals surface area contributed by atoms with Crippen molar-refractivity contribution in [3.05, 3.63) is 12.2 Å². The lowest BCUT2D eigenvalue weighted by atomic mass is 9.89. The zero-order valence-corrected chi connectivity index (χ0v) is 9.99. The molecule has 0 aromatic carbocycles. The van der Waals surface area contributed by atoms with E-state index in [9.17, 15) is 9.59 Å². The third kappa shape index (κ3) is 2.84. The predicted octanol–water partition coefficient (Wildman–Crippen LogP) is 1.57. The summed E-state index contributed by atoms with van der Waals surface area (Å²) >= 11 is 0. The first kappa shape index (κ1) is 12.7. The van der Waals surface area contributed by atoms with Crippen molar-refractivity contribution < 1.29 is 14.7 Å². The Morgan fingerprint density at radius 3 is 2.50 bits per heavy atom. The number of rotatable bonds is 4. The summed E-state index contributed by atoms with van der Waals surface area (Å²) in [6, 6.07) is -0.139. The minimum absolute atomic E-state index is 0.0179. The summed E-state index contributed by atoms with van der Waals surface area (Å²) in [5.41, 5.74) is -0.394. The molecule has 0 aromatic heterocycles. The van der Waals surface area contributed by atoms with Gasteiger partial charge < -0.3 is 10.4 Å². The first-order chi connectivity index (χ1) is 7.36. The van der Waals surface area contributed by atoms with Crippen molar-refractivity contribution in [1.82, 2.24) is 5.32 Å². The Kier molecular flexibility index (Phi) is 3.73. The van der Waals surface area contributed by atoms with Crippen molar-refractivity contribution in [1.29, 1.82) is 0 Å². The molecular weight excluding hydrogens is 206 g/mol. The Bertz CT molecular complexity index is 320. The second kappa shape index (κ2) is 4.68. The normalized spacial score (nSPS) is 24.4. The molecule has 2 N–H and O–H groups in total. The molecule has 4 heteroatoms. The zero-order valence-electron chi connectivity index (χ0n) is 9.99. The van der Waals surface area contributed by atoms with Crippen LogP contribution < -0.4 is 5.32 Å². The topological polar surface area (TPSA) is 66.4 Å². The van der Waals surface area contributed by atoms with E-state index in [4.69, 9.17) is 5.11 Å². The van der Waals surface area contributed by atoms with E-state index in [-0.39, 0.29) is 11.9 Å². The van der Waals surface area contributed by atoms with Crippen molar-refractivity contribution >= 4 is 11.9 Å². The average Bonchev–Trinajstić information content (AvgIpc) is 2.66. The Balaban J connectivity index is 2.50. The standard InChI is InChI=1S/C12H19NO3/c1-4-12(2,3)11(16)13-9-6-5-8(7-9)10(14)15/h5-6,8-9H,4,7H2,1-3H3,(H,13,16)(H,14,15). The highest BCUT2D eigenvalue weighted by Crippen LogP contribution is 2.23. The quantitative estimate of drug-likeness (QED) is 0.714. The van der Waals surface area contributed by atoms with Crippen LogP contribution >= 0.6 is 0 Å². The Morgan fingerprint density at radius 1 is 1.44 bits per heavy atom. The molecular formula is C12H19NO3. The molecule has 0 fully saturated rings. The van der Waals surface area contributed by atoms with E-state index in [0.29, 0.717) is 6.42 Å². The molecule has 0 spiro atoms. The molecule has 0 radical (unpaired) electrons. The van der Waals surface area contributed by atoms with E-state index in [1.807, 2.05) is 20.8 Å². The molecule has 1 rings (SSSR count). The summed E-state index contributed by atoms with van der Waals surface area (Å²) in [4.78, 5) is 22.6. The maximum Gasteiger partial charge on any atom is 0.310 e. The van der Waals surface area contributed by atoms with Crippen LogP contribution in [0.15, 0.2) is 12.2 Å². The molecule has 0 aliphatic heterocycles. The predicted molar refractivity (Wildman–Crippen MR) is 60.9 cm³/mol. The second-order valence-corrected chi connectivity index (χ2v) is 4.88. The summed E-state index contributed by atoms with van der Waals surface area (Å²) in [5, 5.41) is 11.7. The van der Waals surface area contributed by atoms with Crippen LogP contribution in [-0.2, 0) is 9.59 Å². The number of aliphatic carboxylic acids is 1. The molecule has 1 aliphatic rings. The summed E-state index contributed by atoms with van der Waals surface area (Å²) in [6.07, 6.45) is 4.63. The van der Waals surface area contributed by atoms with Crippen LogP contribution in [0.1, 0.15) is 33.6 Å². The van der Waals surface area contributed by atoms with E-state index < -0.39 is 17.3 Å². The number of carboxylic acid groups (broad SMARTS) is 1. The van der Waals surface area contributed by atoms with Gasteiger partial charge in [0.25, 0.3) is 0 Å².